The van der Waals surface area contributed by atoms with Crippen molar-refractivity contribution >= 4 is 21.8 Å². The molecule has 2 atom stereocenters. The van der Waals surface area contributed by atoms with Crippen molar-refractivity contribution in [3.8, 4) is 12.3 Å². The molecule has 1 aliphatic rings. The van der Waals surface area contributed by atoms with Gasteiger partial charge in [0.25, 0.3) is 0 Å². The summed E-state index contributed by atoms with van der Waals surface area (Å²) in [7, 11) is 0. The molecule has 0 spiro atoms. The number of amides is 1. The Morgan fingerprint density at radius 1 is 1.50 bits per heavy atom. The Labute approximate surface area is 104 Å². The van der Waals surface area contributed by atoms with E-state index in [-0.39, 0.29) is 11.8 Å². The predicted molar refractivity (Wildman–Crippen MR) is 66.8 cm³/mol. The van der Waals surface area contributed by atoms with Crippen LogP contribution < -0.4 is 5.32 Å². The fraction of sp³-hybridized carbons (Fsp3) is 0.308. The Morgan fingerprint density at radius 3 is 2.81 bits per heavy atom. The predicted octanol–water partition coefficient (Wildman–Crippen LogP) is 2.30. The number of benzene rings is 1. The summed E-state index contributed by atoms with van der Waals surface area (Å²) in [5.41, 5.74) is 1.23. The molecule has 1 amide bonds. The quantitative estimate of drug-likeness (QED) is 0.845. The molecule has 1 aromatic carbocycles. The first-order valence-corrected chi connectivity index (χ1v) is 5.98. The number of hydrogen-bond acceptors (Lipinski definition) is 1. The molecule has 1 saturated carbocycles. The van der Waals surface area contributed by atoms with Gasteiger partial charge < -0.3 is 5.32 Å². The maximum absolute atomic E-state index is 11.6. The number of nitrogens with one attached hydrogen (secondary N) is 1. The van der Waals surface area contributed by atoms with Crippen LogP contribution in [-0.4, -0.2) is 12.5 Å². The van der Waals surface area contributed by atoms with Crippen LogP contribution in [0.5, 0.6) is 0 Å². The van der Waals surface area contributed by atoms with E-state index in [1.54, 1.807) is 0 Å². The first-order chi connectivity index (χ1) is 7.72. The molecular weight excluding hydrogens is 266 g/mol. The van der Waals surface area contributed by atoms with Gasteiger partial charge in [0.15, 0.2) is 0 Å². The van der Waals surface area contributed by atoms with E-state index in [0.717, 1.165) is 10.9 Å². The fourth-order valence-electron chi connectivity index (χ4n) is 1.83. The average molecular weight is 278 g/mol. The Balaban J connectivity index is 1.94. The SMILES string of the molecule is C#CCNC(=O)C1CC1c1ccc(Br)cc1. The van der Waals surface area contributed by atoms with Crippen LogP contribution in [0, 0.1) is 18.3 Å². The van der Waals surface area contributed by atoms with E-state index < -0.39 is 0 Å². The van der Waals surface area contributed by atoms with Crippen LogP contribution in [0.25, 0.3) is 0 Å². The largest absolute Gasteiger partial charge is 0.345 e. The number of hydrogen-bond donors (Lipinski definition) is 1. The maximum atomic E-state index is 11.6. The normalized spacial score (nSPS) is 22.2. The highest BCUT2D eigenvalue weighted by Gasteiger charge is 2.43. The van der Waals surface area contributed by atoms with Gasteiger partial charge in [-0.1, -0.05) is 34.0 Å². The van der Waals surface area contributed by atoms with Crippen molar-refractivity contribution in [2.75, 3.05) is 6.54 Å². The lowest BCUT2D eigenvalue weighted by Gasteiger charge is -2.01. The van der Waals surface area contributed by atoms with Gasteiger partial charge in [0.2, 0.25) is 5.91 Å². The summed E-state index contributed by atoms with van der Waals surface area (Å²) < 4.78 is 1.06. The Morgan fingerprint density at radius 2 is 2.19 bits per heavy atom. The Hall–Kier alpha value is -1.27. The van der Waals surface area contributed by atoms with E-state index in [1.807, 2.05) is 12.1 Å². The molecule has 2 unspecified atom stereocenters. The molecule has 1 fully saturated rings. The third-order valence-corrected chi connectivity index (χ3v) is 3.32. The summed E-state index contributed by atoms with van der Waals surface area (Å²) in [6.07, 6.45) is 6.02. The summed E-state index contributed by atoms with van der Waals surface area (Å²) in [4.78, 5) is 11.6. The van der Waals surface area contributed by atoms with E-state index >= 15 is 0 Å². The van der Waals surface area contributed by atoms with E-state index in [9.17, 15) is 4.79 Å². The zero-order valence-corrected chi connectivity index (χ0v) is 10.3. The fourth-order valence-corrected chi connectivity index (χ4v) is 2.10. The molecule has 16 heavy (non-hydrogen) atoms. The first kappa shape index (κ1) is 11.2. The summed E-state index contributed by atoms with van der Waals surface area (Å²) in [5.74, 6) is 2.95. The third-order valence-electron chi connectivity index (χ3n) is 2.79. The molecule has 2 nitrogen and oxygen atoms in total. The number of halogens is 1. The van der Waals surface area contributed by atoms with Gasteiger partial charge in [-0.25, -0.2) is 0 Å². The zero-order chi connectivity index (χ0) is 11.5. The van der Waals surface area contributed by atoms with Crippen LogP contribution in [-0.2, 0) is 4.79 Å². The molecule has 1 aliphatic carbocycles. The zero-order valence-electron chi connectivity index (χ0n) is 8.74. The molecule has 0 heterocycles. The van der Waals surface area contributed by atoms with Crippen molar-refractivity contribution in [2.24, 2.45) is 5.92 Å². The minimum absolute atomic E-state index is 0.0749. The van der Waals surface area contributed by atoms with Crippen molar-refractivity contribution in [2.45, 2.75) is 12.3 Å². The van der Waals surface area contributed by atoms with Crippen molar-refractivity contribution in [3.63, 3.8) is 0 Å². The van der Waals surface area contributed by atoms with E-state index in [0.29, 0.717) is 12.5 Å². The molecule has 82 valence electrons. The van der Waals surface area contributed by atoms with Gasteiger partial charge in [0.1, 0.15) is 0 Å². The van der Waals surface area contributed by atoms with Crippen LogP contribution >= 0.6 is 15.9 Å². The van der Waals surface area contributed by atoms with E-state index in [1.165, 1.54) is 5.56 Å². The van der Waals surface area contributed by atoms with Crippen LogP contribution in [0.3, 0.4) is 0 Å². The lowest BCUT2D eigenvalue weighted by molar-refractivity contribution is -0.122. The van der Waals surface area contributed by atoms with Gasteiger partial charge in [-0.3, -0.25) is 4.79 Å². The molecule has 1 aromatic rings. The van der Waals surface area contributed by atoms with Gasteiger partial charge in [0.05, 0.1) is 6.54 Å². The second-order valence-corrected chi connectivity index (χ2v) is 4.84. The second-order valence-electron chi connectivity index (χ2n) is 3.92. The Kier molecular flexibility index (Phi) is 3.31. The minimum atomic E-state index is 0.0749. The van der Waals surface area contributed by atoms with Gasteiger partial charge in [0, 0.05) is 10.4 Å². The molecule has 1 N–H and O–H groups in total. The van der Waals surface area contributed by atoms with Crippen LogP contribution in [0.15, 0.2) is 28.7 Å². The Bertz CT molecular complexity index is 432. The van der Waals surface area contributed by atoms with Crippen molar-refractivity contribution in [1.29, 1.82) is 0 Å². The number of carbonyl (C=O) groups is 1. The van der Waals surface area contributed by atoms with E-state index in [2.05, 4.69) is 39.3 Å². The van der Waals surface area contributed by atoms with Gasteiger partial charge in [-0.15, -0.1) is 6.42 Å². The standard InChI is InChI=1S/C13H12BrNO/c1-2-7-15-13(16)12-8-11(12)9-3-5-10(14)6-4-9/h1,3-6,11-12H,7-8H2,(H,15,16). The van der Waals surface area contributed by atoms with Crippen molar-refractivity contribution < 1.29 is 4.79 Å². The molecule has 0 aromatic heterocycles. The molecule has 0 aliphatic heterocycles. The van der Waals surface area contributed by atoms with E-state index in [4.69, 9.17) is 6.42 Å². The molecule has 0 saturated heterocycles. The topological polar surface area (TPSA) is 29.1 Å². The number of carbonyl (C=O) groups excluding carboxylic acids is 1. The monoisotopic (exact) mass is 277 g/mol. The second kappa shape index (κ2) is 4.71. The first-order valence-electron chi connectivity index (χ1n) is 5.19. The lowest BCUT2D eigenvalue weighted by atomic mass is 10.1. The highest BCUT2D eigenvalue weighted by molar-refractivity contribution is 9.10. The van der Waals surface area contributed by atoms with Gasteiger partial charge in [-0.2, -0.15) is 0 Å². The summed E-state index contributed by atoms with van der Waals surface area (Å²) in [5, 5.41) is 2.72. The third kappa shape index (κ3) is 2.45. The molecule has 0 bridgehead atoms. The molecular formula is C13H12BrNO. The smallest absolute Gasteiger partial charge is 0.224 e. The highest BCUT2D eigenvalue weighted by atomic mass is 79.9. The van der Waals surface area contributed by atoms with Crippen LogP contribution in [0.4, 0.5) is 0 Å². The molecule has 0 radical (unpaired) electrons. The van der Waals surface area contributed by atoms with Gasteiger partial charge >= 0.3 is 0 Å². The van der Waals surface area contributed by atoms with Crippen molar-refractivity contribution in [1.82, 2.24) is 5.32 Å². The summed E-state index contributed by atoms with van der Waals surface area (Å²) >= 11 is 3.39. The van der Waals surface area contributed by atoms with Crippen LogP contribution in [0.2, 0.25) is 0 Å². The van der Waals surface area contributed by atoms with Crippen LogP contribution in [0.1, 0.15) is 17.9 Å². The van der Waals surface area contributed by atoms with Gasteiger partial charge in [-0.05, 0) is 30.0 Å². The minimum Gasteiger partial charge on any atom is -0.345 e. The maximum Gasteiger partial charge on any atom is 0.224 e. The molecule has 2 rings (SSSR count). The summed E-state index contributed by atoms with van der Waals surface area (Å²) in [6, 6.07) is 8.13. The van der Waals surface area contributed by atoms with Crippen molar-refractivity contribution in [3.05, 3.63) is 34.3 Å². The molecule has 3 heteroatoms. The number of rotatable bonds is 3. The summed E-state index contributed by atoms with van der Waals surface area (Å²) in [6.45, 7) is 0.322. The highest BCUT2D eigenvalue weighted by Crippen LogP contribution is 2.47. The lowest BCUT2D eigenvalue weighted by Crippen LogP contribution is -2.25. The average Bonchev–Trinajstić information content (AvgIpc) is 3.07. The number of terminal acetylenes is 1.